The van der Waals surface area contributed by atoms with Crippen LogP contribution in [0.1, 0.15) is 54.0 Å². The first kappa shape index (κ1) is 22.0. The standard InChI is InChI=1S/C25H35NO2S/c1-20-7-9-21(10-8-20)5-4-6-22-11-12-23(29-22)13-14-25(2,3)19-24(27)26-15-17-28-18-16-26/h7-12H,4-6,13-19H2,1-3H3. The largest absolute Gasteiger partial charge is 0.378 e. The summed E-state index contributed by atoms with van der Waals surface area (Å²) in [4.78, 5) is 17.4. The van der Waals surface area contributed by atoms with Gasteiger partial charge in [0, 0.05) is 29.3 Å². The van der Waals surface area contributed by atoms with Crippen molar-refractivity contribution in [2.75, 3.05) is 26.3 Å². The molecule has 158 valence electrons. The summed E-state index contributed by atoms with van der Waals surface area (Å²) < 4.78 is 5.35. The highest BCUT2D eigenvalue weighted by molar-refractivity contribution is 7.11. The molecule has 0 atom stereocenters. The van der Waals surface area contributed by atoms with Crippen molar-refractivity contribution in [3.05, 3.63) is 57.3 Å². The van der Waals surface area contributed by atoms with Gasteiger partial charge in [-0.2, -0.15) is 0 Å². The molecule has 2 aromatic rings. The van der Waals surface area contributed by atoms with E-state index in [4.69, 9.17) is 4.74 Å². The van der Waals surface area contributed by atoms with Crippen LogP contribution in [0.5, 0.6) is 0 Å². The number of morpholine rings is 1. The molecule has 0 spiro atoms. The smallest absolute Gasteiger partial charge is 0.223 e. The van der Waals surface area contributed by atoms with E-state index in [1.165, 1.54) is 27.3 Å². The molecule has 1 aliphatic heterocycles. The van der Waals surface area contributed by atoms with Crippen LogP contribution < -0.4 is 0 Å². The zero-order valence-corrected chi connectivity index (χ0v) is 19.0. The summed E-state index contributed by atoms with van der Waals surface area (Å²) in [6.45, 7) is 9.42. The molecule has 0 N–H and O–H groups in total. The SMILES string of the molecule is Cc1ccc(CCCc2ccc(CCC(C)(C)CC(=O)N3CCOCC3)s2)cc1. The Morgan fingerprint density at radius 2 is 1.66 bits per heavy atom. The van der Waals surface area contributed by atoms with Gasteiger partial charge in [-0.25, -0.2) is 0 Å². The van der Waals surface area contributed by atoms with Gasteiger partial charge in [-0.3, -0.25) is 4.79 Å². The molecule has 0 saturated carbocycles. The van der Waals surface area contributed by atoms with Gasteiger partial charge >= 0.3 is 0 Å². The van der Waals surface area contributed by atoms with Crippen molar-refractivity contribution in [1.29, 1.82) is 0 Å². The van der Waals surface area contributed by atoms with Gasteiger partial charge in [0.25, 0.3) is 0 Å². The number of nitrogens with zero attached hydrogens (tertiary/aromatic N) is 1. The molecule has 4 heteroatoms. The number of hydrogen-bond acceptors (Lipinski definition) is 3. The molecule has 1 aromatic carbocycles. The third-order valence-electron chi connectivity index (χ3n) is 5.77. The summed E-state index contributed by atoms with van der Waals surface area (Å²) >= 11 is 1.95. The van der Waals surface area contributed by atoms with E-state index in [0.717, 1.165) is 38.8 Å². The number of amides is 1. The molecule has 1 fully saturated rings. The second-order valence-electron chi connectivity index (χ2n) is 9.04. The average Bonchev–Trinajstić information content (AvgIpc) is 3.16. The Bertz CT molecular complexity index is 772. The fraction of sp³-hybridized carbons (Fsp3) is 0.560. The normalized spacial score (nSPS) is 14.9. The number of thiophene rings is 1. The Balaban J connectivity index is 1.40. The van der Waals surface area contributed by atoms with E-state index in [0.29, 0.717) is 19.6 Å². The predicted octanol–water partition coefficient (Wildman–Crippen LogP) is 5.44. The van der Waals surface area contributed by atoms with Crippen LogP contribution in [0.4, 0.5) is 0 Å². The molecule has 2 heterocycles. The van der Waals surface area contributed by atoms with Crippen molar-refractivity contribution in [2.45, 2.75) is 59.3 Å². The average molecular weight is 414 g/mol. The van der Waals surface area contributed by atoms with Gasteiger partial charge in [-0.1, -0.05) is 43.7 Å². The van der Waals surface area contributed by atoms with E-state index in [2.05, 4.69) is 57.2 Å². The molecule has 1 aromatic heterocycles. The quantitative estimate of drug-likeness (QED) is 0.548. The lowest BCUT2D eigenvalue weighted by atomic mass is 9.83. The molecule has 0 radical (unpaired) electrons. The number of benzene rings is 1. The molecule has 1 saturated heterocycles. The summed E-state index contributed by atoms with van der Waals surface area (Å²) in [5.41, 5.74) is 2.79. The van der Waals surface area contributed by atoms with Crippen LogP contribution in [0.3, 0.4) is 0 Å². The van der Waals surface area contributed by atoms with Crippen molar-refractivity contribution in [3.63, 3.8) is 0 Å². The van der Waals surface area contributed by atoms with Gasteiger partial charge in [-0.05, 0) is 62.1 Å². The van der Waals surface area contributed by atoms with Crippen molar-refractivity contribution in [3.8, 4) is 0 Å². The summed E-state index contributed by atoms with van der Waals surface area (Å²) in [6, 6.07) is 13.5. The Kier molecular flexibility index (Phi) is 7.91. The van der Waals surface area contributed by atoms with Crippen molar-refractivity contribution >= 4 is 17.2 Å². The van der Waals surface area contributed by atoms with E-state index < -0.39 is 0 Å². The van der Waals surface area contributed by atoms with Gasteiger partial charge in [0.1, 0.15) is 0 Å². The molecule has 1 aliphatic rings. The minimum atomic E-state index is 0.0327. The van der Waals surface area contributed by atoms with Gasteiger partial charge in [0.05, 0.1) is 13.2 Å². The van der Waals surface area contributed by atoms with Crippen LogP contribution in [-0.2, 0) is 28.8 Å². The Morgan fingerprint density at radius 3 is 2.34 bits per heavy atom. The van der Waals surface area contributed by atoms with Gasteiger partial charge in [0.2, 0.25) is 5.91 Å². The second kappa shape index (κ2) is 10.4. The molecular weight excluding hydrogens is 378 g/mol. The molecule has 0 unspecified atom stereocenters. The summed E-state index contributed by atoms with van der Waals surface area (Å²) in [6.07, 6.45) is 6.23. The third kappa shape index (κ3) is 7.27. The van der Waals surface area contributed by atoms with Crippen molar-refractivity contribution in [2.24, 2.45) is 5.41 Å². The number of ether oxygens (including phenoxy) is 1. The molecule has 0 aliphatic carbocycles. The van der Waals surface area contributed by atoms with E-state index in [9.17, 15) is 4.79 Å². The lowest BCUT2D eigenvalue weighted by molar-refractivity contribution is -0.137. The predicted molar refractivity (Wildman–Crippen MR) is 122 cm³/mol. The maximum absolute atomic E-state index is 12.6. The van der Waals surface area contributed by atoms with Crippen molar-refractivity contribution in [1.82, 2.24) is 4.90 Å². The lowest BCUT2D eigenvalue weighted by Gasteiger charge is -2.31. The topological polar surface area (TPSA) is 29.5 Å². The van der Waals surface area contributed by atoms with E-state index in [1.807, 2.05) is 16.2 Å². The van der Waals surface area contributed by atoms with Gasteiger partial charge in [0.15, 0.2) is 0 Å². The molecule has 3 nitrogen and oxygen atoms in total. The molecule has 29 heavy (non-hydrogen) atoms. The Hall–Kier alpha value is -1.65. The zero-order valence-electron chi connectivity index (χ0n) is 18.2. The summed E-state index contributed by atoms with van der Waals surface area (Å²) in [7, 11) is 0. The minimum absolute atomic E-state index is 0.0327. The molecular formula is C25H35NO2S. The highest BCUT2D eigenvalue weighted by atomic mass is 32.1. The number of aryl methyl sites for hydroxylation is 4. The van der Waals surface area contributed by atoms with Crippen LogP contribution in [0, 0.1) is 12.3 Å². The van der Waals surface area contributed by atoms with Crippen LogP contribution >= 0.6 is 11.3 Å². The molecule has 3 rings (SSSR count). The maximum atomic E-state index is 12.6. The first-order valence-electron chi connectivity index (χ1n) is 10.9. The first-order chi connectivity index (χ1) is 13.9. The lowest BCUT2D eigenvalue weighted by Crippen LogP contribution is -2.42. The van der Waals surface area contributed by atoms with E-state index in [1.54, 1.807) is 0 Å². The summed E-state index contributed by atoms with van der Waals surface area (Å²) in [5, 5.41) is 0. The van der Waals surface area contributed by atoms with Gasteiger partial charge in [-0.15, -0.1) is 11.3 Å². The van der Waals surface area contributed by atoms with Crippen molar-refractivity contribution < 1.29 is 9.53 Å². The van der Waals surface area contributed by atoms with Crippen LogP contribution in [0.25, 0.3) is 0 Å². The highest BCUT2D eigenvalue weighted by Crippen LogP contribution is 2.30. The molecule has 0 bridgehead atoms. The van der Waals surface area contributed by atoms with Crippen LogP contribution in [0.15, 0.2) is 36.4 Å². The summed E-state index contributed by atoms with van der Waals surface area (Å²) in [5.74, 6) is 0.279. The number of carbonyl (C=O) groups excluding carboxylic acids is 1. The van der Waals surface area contributed by atoms with E-state index >= 15 is 0 Å². The maximum Gasteiger partial charge on any atom is 0.223 e. The highest BCUT2D eigenvalue weighted by Gasteiger charge is 2.26. The Morgan fingerprint density at radius 1 is 1.00 bits per heavy atom. The van der Waals surface area contributed by atoms with Crippen LogP contribution in [-0.4, -0.2) is 37.1 Å². The monoisotopic (exact) mass is 413 g/mol. The fourth-order valence-electron chi connectivity index (χ4n) is 3.80. The van der Waals surface area contributed by atoms with Crippen LogP contribution in [0.2, 0.25) is 0 Å². The third-order valence-corrected chi connectivity index (χ3v) is 6.97. The van der Waals surface area contributed by atoms with Gasteiger partial charge < -0.3 is 9.64 Å². The zero-order chi connectivity index (χ0) is 20.7. The number of hydrogen-bond donors (Lipinski definition) is 0. The number of carbonyl (C=O) groups is 1. The fourth-order valence-corrected chi connectivity index (χ4v) is 4.86. The van der Waals surface area contributed by atoms with E-state index in [-0.39, 0.29) is 11.3 Å². The second-order valence-corrected chi connectivity index (χ2v) is 10.3. The molecule has 1 amide bonds. The minimum Gasteiger partial charge on any atom is -0.378 e. The Labute approximate surface area is 180 Å². The number of rotatable bonds is 9. The first-order valence-corrected chi connectivity index (χ1v) is 11.7.